The minimum Gasteiger partial charge on any atom is -0.443 e. The SMILES string of the molecule is CN1C(=O)[C@H](Cc2cn(C(=O)OC(C)(C)C)c3ccccc23)NC(=O)[C@H]1CO[Si](C)(C)C(C)(C)C. The Labute approximate surface area is 209 Å². The average molecular weight is 502 g/mol. The Kier molecular flexibility index (Phi) is 7.25. The van der Waals surface area contributed by atoms with Gasteiger partial charge in [0.2, 0.25) is 11.8 Å². The number of amides is 2. The van der Waals surface area contributed by atoms with Crippen molar-refractivity contribution in [2.24, 2.45) is 0 Å². The molecule has 3 rings (SSSR count). The van der Waals surface area contributed by atoms with Crippen LogP contribution < -0.4 is 5.32 Å². The van der Waals surface area contributed by atoms with E-state index in [0.29, 0.717) is 5.52 Å². The summed E-state index contributed by atoms with van der Waals surface area (Å²) < 4.78 is 13.2. The maximum absolute atomic E-state index is 13.2. The Bertz CT molecular complexity index is 1130. The van der Waals surface area contributed by atoms with Gasteiger partial charge in [0, 0.05) is 25.1 Å². The molecule has 2 amide bonds. The van der Waals surface area contributed by atoms with Gasteiger partial charge in [-0.2, -0.15) is 0 Å². The van der Waals surface area contributed by atoms with Crippen LogP contribution in [-0.4, -0.2) is 67.0 Å². The van der Waals surface area contributed by atoms with Crippen LogP contribution in [0.5, 0.6) is 0 Å². The average Bonchev–Trinajstić information content (AvgIpc) is 3.08. The number of fused-ring (bicyclic) bond motifs is 1. The van der Waals surface area contributed by atoms with Crippen molar-refractivity contribution in [3.8, 4) is 0 Å². The first kappa shape index (κ1) is 26.9. The molecule has 1 aromatic heterocycles. The number of hydrogen-bond acceptors (Lipinski definition) is 5. The molecular formula is C26H39N3O5Si. The zero-order valence-corrected chi connectivity index (χ0v) is 23.4. The van der Waals surface area contributed by atoms with Gasteiger partial charge in [0.25, 0.3) is 0 Å². The summed E-state index contributed by atoms with van der Waals surface area (Å²) in [5.74, 6) is -0.408. The van der Waals surface area contributed by atoms with E-state index in [0.717, 1.165) is 10.9 Å². The van der Waals surface area contributed by atoms with E-state index >= 15 is 0 Å². The fourth-order valence-corrected chi connectivity index (χ4v) is 4.84. The highest BCUT2D eigenvalue weighted by molar-refractivity contribution is 6.74. The lowest BCUT2D eigenvalue weighted by atomic mass is 10.0. The summed E-state index contributed by atoms with van der Waals surface area (Å²) in [6.45, 7) is 16.3. The number of carbonyl (C=O) groups is 3. The maximum atomic E-state index is 13.2. The van der Waals surface area contributed by atoms with Crippen molar-refractivity contribution in [3.63, 3.8) is 0 Å². The second kappa shape index (κ2) is 9.42. The van der Waals surface area contributed by atoms with Crippen molar-refractivity contribution in [1.82, 2.24) is 14.8 Å². The van der Waals surface area contributed by atoms with Gasteiger partial charge in [-0.25, -0.2) is 4.79 Å². The second-order valence-electron chi connectivity index (χ2n) is 11.8. The molecule has 9 heteroatoms. The van der Waals surface area contributed by atoms with E-state index < -0.39 is 32.1 Å². The molecule has 1 aliphatic rings. The molecule has 1 saturated heterocycles. The van der Waals surface area contributed by atoms with Gasteiger partial charge in [-0.1, -0.05) is 39.0 Å². The van der Waals surface area contributed by atoms with Crippen LogP contribution in [0.4, 0.5) is 4.79 Å². The molecular weight excluding hydrogens is 462 g/mol. The minimum atomic E-state index is -2.07. The third-order valence-electron chi connectivity index (χ3n) is 6.95. The van der Waals surface area contributed by atoms with Crippen LogP contribution in [0.15, 0.2) is 30.5 Å². The van der Waals surface area contributed by atoms with Crippen LogP contribution in [-0.2, 0) is 25.2 Å². The van der Waals surface area contributed by atoms with Gasteiger partial charge >= 0.3 is 6.09 Å². The Morgan fingerprint density at radius 3 is 2.31 bits per heavy atom. The highest BCUT2D eigenvalue weighted by Gasteiger charge is 2.42. The third kappa shape index (κ3) is 5.78. The number of nitrogens with one attached hydrogen (secondary N) is 1. The Balaban J connectivity index is 1.80. The zero-order chi connectivity index (χ0) is 26.3. The molecule has 192 valence electrons. The molecule has 0 radical (unpaired) electrons. The van der Waals surface area contributed by atoms with E-state index in [9.17, 15) is 14.4 Å². The fraction of sp³-hybridized carbons (Fsp3) is 0.577. The standard InChI is InChI=1S/C26H39N3O5Si/c1-25(2,3)34-24(32)29-15-17(18-12-10-11-13-20(18)29)14-19-23(31)28(7)21(22(30)27-19)16-33-35(8,9)26(4,5)6/h10-13,15,19,21H,14,16H2,1-9H3,(H,27,30)/t19-,21+/m0/s1. The lowest BCUT2D eigenvalue weighted by molar-refractivity contribution is -0.148. The summed E-state index contributed by atoms with van der Waals surface area (Å²) in [5, 5.41) is 3.74. The molecule has 0 bridgehead atoms. The van der Waals surface area contributed by atoms with Gasteiger partial charge in [-0.3, -0.25) is 14.2 Å². The minimum absolute atomic E-state index is 0.00557. The maximum Gasteiger partial charge on any atom is 0.419 e. The summed E-state index contributed by atoms with van der Waals surface area (Å²) in [5.41, 5.74) is 0.843. The summed E-state index contributed by atoms with van der Waals surface area (Å²) >= 11 is 0. The molecule has 0 unspecified atom stereocenters. The summed E-state index contributed by atoms with van der Waals surface area (Å²) in [6.07, 6.45) is 1.48. The van der Waals surface area contributed by atoms with Gasteiger partial charge in [0.05, 0.1) is 12.1 Å². The number of ether oxygens (including phenoxy) is 1. The van der Waals surface area contributed by atoms with Gasteiger partial charge in [0.1, 0.15) is 17.7 Å². The zero-order valence-electron chi connectivity index (χ0n) is 22.4. The predicted molar refractivity (Wildman–Crippen MR) is 139 cm³/mol. The predicted octanol–water partition coefficient (Wildman–Crippen LogP) is 4.31. The number of aromatic nitrogens is 1. The first-order valence-corrected chi connectivity index (χ1v) is 15.0. The topological polar surface area (TPSA) is 89.9 Å². The van der Waals surface area contributed by atoms with E-state index in [2.05, 4.69) is 39.2 Å². The molecule has 1 aliphatic heterocycles. The monoisotopic (exact) mass is 501 g/mol. The van der Waals surface area contributed by atoms with Gasteiger partial charge in [-0.05, 0) is 50.5 Å². The van der Waals surface area contributed by atoms with Crippen molar-refractivity contribution in [2.45, 2.75) is 83.8 Å². The third-order valence-corrected chi connectivity index (χ3v) is 11.5. The van der Waals surface area contributed by atoms with Crippen LogP contribution in [0.1, 0.15) is 47.1 Å². The van der Waals surface area contributed by atoms with Crippen LogP contribution in [0.25, 0.3) is 10.9 Å². The molecule has 0 spiro atoms. The second-order valence-corrected chi connectivity index (χ2v) is 16.6. The Morgan fingerprint density at radius 2 is 1.71 bits per heavy atom. The van der Waals surface area contributed by atoms with Crippen LogP contribution in [0.3, 0.4) is 0 Å². The van der Waals surface area contributed by atoms with Crippen LogP contribution in [0, 0.1) is 0 Å². The van der Waals surface area contributed by atoms with Crippen molar-refractivity contribution in [3.05, 3.63) is 36.0 Å². The molecule has 2 atom stereocenters. The van der Waals surface area contributed by atoms with Crippen molar-refractivity contribution in [2.75, 3.05) is 13.7 Å². The summed E-state index contributed by atoms with van der Waals surface area (Å²) in [6, 6.07) is 6.07. The van der Waals surface area contributed by atoms with Crippen molar-refractivity contribution >= 4 is 37.1 Å². The van der Waals surface area contributed by atoms with Gasteiger partial charge < -0.3 is 19.4 Å². The number of carbonyl (C=O) groups excluding carboxylic acids is 3. The summed E-state index contributed by atoms with van der Waals surface area (Å²) in [4.78, 5) is 40.5. The number of piperazine rings is 1. The molecule has 0 saturated carbocycles. The molecule has 2 heterocycles. The molecule has 0 aliphatic carbocycles. The van der Waals surface area contributed by atoms with E-state index in [1.165, 1.54) is 9.47 Å². The number of likely N-dealkylation sites (N-methyl/N-ethyl adjacent to an activating group) is 1. The highest BCUT2D eigenvalue weighted by Crippen LogP contribution is 2.36. The number of rotatable bonds is 5. The van der Waals surface area contributed by atoms with Crippen molar-refractivity contribution in [1.29, 1.82) is 0 Å². The van der Waals surface area contributed by atoms with Crippen LogP contribution in [0.2, 0.25) is 18.1 Å². The molecule has 1 fully saturated rings. The number of nitrogens with zero attached hydrogens (tertiary/aromatic N) is 2. The lowest BCUT2D eigenvalue weighted by Gasteiger charge is -2.41. The van der Waals surface area contributed by atoms with E-state index in [1.807, 2.05) is 45.0 Å². The first-order chi connectivity index (χ1) is 16.0. The van der Waals surface area contributed by atoms with Gasteiger partial charge in [0.15, 0.2) is 8.32 Å². The molecule has 8 nitrogen and oxygen atoms in total. The molecule has 35 heavy (non-hydrogen) atoms. The molecule has 2 aromatic rings. The Morgan fingerprint density at radius 1 is 1.09 bits per heavy atom. The number of benzene rings is 1. The van der Waals surface area contributed by atoms with Gasteiger partial charge in [-0.15, -0.1) is 0 Å². The summed E-state index contributed by atoms with van der Waals surface area (Å²) in [7, 11) is -0.418. The quantitative estimate of drug-likeness (QED) is 0.617. The first-order valence-electron chi connectivity index (χ1n) is 12.0. The lowest BCUT2D eigenvalue weighted by Crippen LogP contribution is -2.64. The smallest absolute Gasteiger partial charge is 0.419 e. The molecule has 1 N–H and O–H groups in total. The number of hydrogen-bond donors (Lipinski definition) is 1. The van der Waals surface area contributed by atoms with E-state index in [4.69, 9.17) is 9.16 Å². The highest BCUT2D eigenvalue weighted by atomic mass is 28.4. The van der Waals surface area contributed by atoms with E-state index in [-0.39, 0.29) is 29.9 Å². The van der Waals surface area contributed by atoms with Crippen molar-refractivity contribution < 1.29 is 23.5 Å². The largest absolute Gasteiger partial charge is 0.443 e. The molecule has 1 aromatic carbocycles. The normalized spacial score (nSPS) is 19.7. The fourth-order valence-electron chi connectivity index (χ4n) is 3.83. The Hall–Kier alpha value is -2.65. The number of para-hydroxylation sites is 1. The van der Waals surface area contributed by atoms with Crippen LogP contribution >= 0.6 is 0 Å². The van der Waals surface area contributed by atoms with E-state index in [1.54, 1.807) is 13.2 Å².